The molecule has 0 aliphatic carbocycles. The average molecular weight is 2270 g/mol. The van der Waals surface area contributed by atoms with Crippen LogP contribution in [0, 0.1) is 5.92 Å². The summed E-state index contributed by atoms with van der Waals surface area (Å²) < 4.78 is 108. The van der Waals surface area contributed by atoms with Crippen LogP contribution < -0.4 is 42.9 Å². The van der Waals surface area contributed by atoms with E-state index >= 15 is 0 Å². The molecule has 4 saturated heterocycles. The Kier molecular flexibility index (Phi) is 53.3. The second-order valence-electron chi connectivity index (χ2n) is 29.0. The van der Waals surface area contributed by atoms with Gasteiger partial charge in [-0.2, -0.15) is 23.5 Å². The van der Waals surface area contributed by atoms with Gasteiger partial charge in [0.05, 0.1) is 72.6 Å². The number of amides is 4. The summed E-state index contributed by atoms with van der Waals surface area (Å²) in [5.74, 6) is -1.86. The minimum atomic E-state index is -4.98. The third-order valence-corrected chi connectivity index (χ3v) is 25.5. The number of hydrogen-bond acceptors (Lipinski definition) is 31. The molecule has 6 aliphatic heterocycles. The number of aromatic nitrogens is 4. The van der Waals surface area contributed by atoms with Crippen LogP contribution in [0.1, 0.15) is 135 Å². The summed E-state index contributed by atoms with van der Waals surface area (Å²) in [6.45, 7) is 6.98. The molecule has 8 heterocycles. The van der Waals surface area contributed by atoms with E-state index in [9.17, 15) is 96.0 Å². The Hall–Kier alpha value is -7.15. The Morgan fingerprint density at radius 1 is 0.533 bits per heavy atom. The van der Waals surface area contributed by atoms with Gasteiger partial charge in [0.2, 0.25) is 23.6 Å². The first-order valence-electron chi connectivity index (χ1n) is 40.5. The van der Waals surface area contributed by atoms with Gasteiger partial charge in [0.25, 0.3) is 26.8 Å². The van der Waals surface area contributed by atoms with Gasteiger partial charge in [-0.05, 0) is 187 Å². The van der Waals surface area contributed by atoms with Crippen LogP contribution in [0.2, 0.25) is 0 Å². The number of H-pyrrole nitrogens is 2. The smallest absolute Gasteiger partial charge is 0.527 e. The molecule has 4 amide bonds. The number of nitrogens with one attached hydrogen (secondary N) is 4. The van der Waals surface area contributed by atoms with Crippen LogP contribution in [0.5, 0.6) is 0 Å². The maximum absolute atomic E-state index is 13.1. The molecule has 135 heavy (non-hydrogen) atoms. The molecule has 51 heteroatoms. The normalized spacial score (nSPS) is 23.2. The number of allylic oxidation sites excluding steroid dienone is 2. The number of phosphoric ester groups is 4. The van der Waals surface area contributed by atoms with Crippen molar-refractivity contribution in [1.29, 1.82) is 0 Å². The van der Waals surface area contributed by atoms with Gasteiger partial charge in [-0.1, -0.05) is 43.4 Å². The van der Waals surface area contributed by atoms with Gasteiger partial charge in [-0.3, -0.25) is 95.2 Å². The number of thioether (sulfide) groups is 2. The fourth-order valence-corrected chi connectivity index (χ4v) is 18.0. The van der Waals surface area contributed by atoms with Crippen molar-refractivity contribution < 1.29 is 203 Å². The van der Waals surface area contributed by atoms with E-state index < -0.39 is 171 Å². The molecule has 6 aliphatic rings. The number of nitrogens with zero attached hydrogens (tertiary/aromatic N) is 4. The Bertz CT molecular complexity index is 5990. The molecule has 0 bridgehead atoms. The maximum Gasteiger partial charge on any atom is 0.527 e. The van der Waals surface area contributed by atoms with Crippen molar-refractivity contribution in [2.75, 3.05) is 58.1 Å². The van der Waals surface area contributed by atoms with Crippen molar-refractivity contribution in [2.24, 2.45) is 5.92 Å². The molecule has 18 atom stereocenters. The number of carbonyl (C=O) groups is 6. The first-order valence-corrected chi connectivity index (χ1v) is 50.2. The van der Waals surface area contributed by atoms with Gasteiger partial charge in [-0.25, -0.2) is 18.7 Å². The van der Waals surface area contributed by atoms with Crippen LogP contribution in [-0.4, -0.2) is 218 Å². The van der Waals surface area contributed by atoms with Gasteiger partial charge in [0.1, 0.15) is 54.8 Å². The van der Waals surface area contributed by atoms with E-state index in [0.717, 1.165) is 9.13 Å². The Morgan fingerprint density at radius 2 is 0.933 bits per heavy atom. The Labute approximate surface area is 848 Å². The quantitative estimate of drug-likeness (QED) is 0.0160. The van der Waals surface area contributed by atoms with E-state index in [1.165, 1.54) is 52.8 Å². The van der Waals surface area contributed by atoms with Crippen LogP contribution in [-0.2, 0) is 163 Å². The molecule has 0 spiro atoms. The van der Waals surface area contributed by atoms with E-state index in [1.807, 2.05) is 12.2 Å². The standard InChI is InChI=1S/C43H49BrN4O17P2S.C41H45BrN4O16P2S.2Y/c1-4-5-6-7-8-9-10-11-14-17-31(65-67(58,59)62-27-35-34(50)25-39(63-35)48-26-33(44)41(53)46-43(48)54)23-30(49)16-13-12-15-20-45-37(51)19-22-68-32-18-21-47(38(52)24-32)42-29(2)40(60-3)36(64-42)28-61-66(55,56)57;1-2-3-4-5-6-7-8-9-12-15-30(62-64(56,57)59-28-35-34(48)25-39(61-35)46-26-33(42)40(51)44-41(46)52)23-29(47)14-11-10-13-20-43-36(49)19-22-65-32-18-21-45(37(50)24-32)38-17-16-31(60-38)27-58-63(53,54)55;;/h18,21,26,29,32,34-36,39-40,42,50H,1,12-13,15-16,19-20,22-25,27-28H2,2-3H3,(H,45,51)(H,58,59)(H,46,53,54)(H2,55,56,57);18,21,26,31-32,34-35,38-39,48H,1,10-11,13-14,16-17,19-20,22-25,27-28H2,(H,43,49)(H,56,57)(H,44,51,52)(H2,53,54,55);;/p-2. The summed E-state index contributed by atoms with van der Waals surface area (Å²) in [7, 11) is -18.4. The zero-order valence-electron chi connectivity index (χ0n) is 72.4. The number of aromatic amines is 2. The van der Waals surface area contributed by atoms with Crippen molar-refractivity contribution in [3.8, 4) is 0 Å². The third kappa shape index (κ3) is 44.1. The number of hydrogen-bond donors (Lipinski definition) is 10. The fourth-order valence-electron chi connectivity index (χ4n) is 13.0. The Balaban J connectivity index is 0.000000471. The second-order valence-corrected chi connectivity index (χ2v) is 38.6. The number of phosphoric acid groups is 4. The van der Waals surface area contributed by atoms with Crippen molar-refractivity contribution >= 4 is 122 Å². The van der Waals surface area contributed by atoms with Gasteiger partial charge in [0, 0.05) is 190 Å². The molecule has 10 N–H and O–H groups in total. The minimum absolute atomic E-state index is 0. The molecular formula is C84H92Br2N8O33P4S2Y2-2. The number of rotatable bonds is 45. The third-order valence-electron chi connectivity index (χ3n) is 19.2. The fraction of sp³-hybridized carbons (Fsp3) is 0.500. The number of halogens is 2. The maximum atomic E-state index is 13.1. The van der Waals surface area contributed by atoms with E-state index in [4.69, 9.17) is 51.6 Å². The number of ether oxygens (including phenoxy) is 5. The zero-order valence-corrected chi connectivity index (χ0v) is 86.4. The molecule has 8 rings (SSSR count). The Morgan fingerprint density at radius 3 is 1.34 bits per heavy atom. The van der Waals surface area contributed by atoms with E-state index in [2.05, 4.69) is 189 Å². The number of Topliss-reactive ketones (excluding diaryl/α,β-unsaturated/α-hetero) is 2. The number of ketones is 2. The van der Waals surface area contributed by atoms with Gasteiger partial charge in [0.15, 0.2) is 11.5 Å². The second kappa shape index (κ2) is 60.8. The van der Waals surface area contributed by atoms with Crippen molar-refractivity contribution in [1.82, 2.24) is 39.5 Å². The zero-order chi connectivity index (χ0) is 97.3. The van der Waals surface area contributed by atoms with E-state index in [1.54, 1.807) is 19.3 Å². The molecule has 0 aromatic carbocycles. The van der Waals surface area contributed by atoms with Gasteiger partial charge < -0.3 is 82.2 Å². The van der Waals surface area contributed by atoms with Crippen molar-refractivity contribution in [2.45, 2.75) is 201 Å². The summed E-state index contributed by atoms with van der Waals surface area (Å²) in [5.41, 5.74) is 45.1. The molecular weight excluding hydrogens is 2170 g/mol. The molecule has 0 saturated carbocycles. The summed E-state index contributed by atoms with van der Waals surface area (Å²) >= 11 is 8.93. The molecule has 4 fully saturated rings. The van der Waals surface area contributed by atoms with Gasteiger partial charge >= 0.3 is 27.0 Å². The first kappa shape index (κ1) is 118. The predicted octanol–water partition coefficient (Wildman–Crippen LogP) is 5.87. The number of methoxy groups -OCH3 is 1. The topological polar surface area (TPSA) is 580 Å². The number of unbranched alkanes of at least 4 members (excludes halogenated alkanes) is 4. The SMILES string of the molecule is C=C=C=C=C=C=C=C=C=C=C=C(CC(=O)CCCCCNC(=O)CCSC1C=CN(C2CCC(COP(=O)([O-])O)O2)C(=O)C1)OP(=O)(O)OCC1OC(n2cc(Br)c(=O)[nH]c2=O)CC1O.C=C=C=C=C=C=C=C=C=C=C=C(CC(=O)CCCCCNC(=O)CCSC1C=CN(C2OC(COP(=O)([O-])O)C(OC)C2C)C(=O)C1)OP(=O)(O)OCC1OC(n2cc(Br)c(=O)[nH]c2=O)CC1O.[Y].[Y]. The van der Waals surface area contributed by atoms with E-state index in [-0.39, 0.29) is 178 Å². The van der Waals surface area contributed by atoms with Gasteiger partial charge in [-0.15, -0.1) is 0 Å². The molecule has 2 radical (unpaired) electrons. The summed E-state index contributed by atoms with van der Waals surface area (Å²) in [5, 5.41) is 26.4. The monoisotopic (exact) mass is 2260 g/mol. The van der Waals surface area contributed by atoms with Crippen LogP contribution in [0.25, 0.3) is 0 Å². The first-order chi connectivity index (χ1) is 63.2. The summed E-state index contributed by atoms with van der Waals surface area (Å²) in [4.78, 5) is 192. The van der Waals surface area contributed by atoms with Crippen LogP contribution >= 0.6 is 86.7 Å². The number of aliphatic hydroxyl groups excluding tert-OH is 2. The number of carbonyl (C=O) groups excluding carboxylic acids is 6. The average Bonchev–Trinajstić information content (AvgIpc) is 1.63. The van der Waals surface area contributed by atoms with Crippen molar-refractivity contribution in [3.63, 3.8) is 0 Å². The molecule has 2 aromatic rings. The van der Waals surface area contributed by atoms with Crippen LogP contribution in [0.15, 0.2) is 204 Å². The molecule has 2 aromatic heterocycles. The summed E-state index contributed by atoms with van der Waals surface area (Å²) in [6, 6.07) is 0. The van der Waals surface area contributed by atoms with Crippen LogP contribution in [0.4, 0.5) is 0 Å². The molecule has 720 valence electrons. The van der Waals surface area contributed by atoms with E-state index in [0.29, 0.717) is 76.0 Å². The minimum Gasteiger partial charge on any atom is -0.756 e. The molecule has 18 unspecified atom stereocenters. The predicted molar refractivity (Wildman–Crippen MR) is 473 cm³/mol. The number of aliphatic hydroxyl groups is 2. The van der Waals surface area contributed by atoms with Crippen molar-refractivity contribution in [3.05, 3.63) is 227 Å². The largest absolute Gasteiger partial charge is 0.756 e. The summed E-state index contributed by atoms with van der Waals surface area (Å²) in [6.07, 6.45) is 2.61. The molecule has 41 nitrogen and oxygen atoms in total. The van der Waals surface area contributed by atoms with Crippen LogP contribution in [0.3, 0.4) is 0 Å².